The highest BCUT2D eigenvalue weighted by Crippen LogP contribution is 2.48. The van der Waals surface area contributed by atoms with Crippen LogP contribution in [0.4, 0.5) is 17.1 Å². The summed E-state index contributed by atoms with van der Waals surface area (Å²) < 4.78 is 6.42. The van der Waals surface area contributed by atoms with E-state index in [1.54, 1.807) is 0 Å². The van der Waals surface area contributed by atoms with Crippen molar-refractivity contribution in [1.82, 2.24) is 0 Å². The molecule has 0 spiro atoms. The van der Waals surface area contributed by atoms with Crippen molar-refractivity contribution in [3.8, 4) is 44.5 Å². The fraction of sp³-hybridized carbons (Fsp3) is 0. The largest absolute Gasteiger partial charge is 0.456 e. The quantitative estimate of drug-likeness (QED) is 0.162. The second-order valence-corrected chi connectivity index (χ2v) is 14.8. The van der Waals surface area contributed by atoms with Crippen LogP contribution in [0.3, 0.4) is 0 Å². The maximum atomic E-state index is 6.42. The van der Waals surface area contributed by atoms with Gasteiger partial charge in [-0.2, -0.15) is 0 Å². The molecule has 58 heavy (non-hydrogen) atoms. The van der Waals surface area contributed by atoms with Gasteiger partial charge in [-0.25, -0.2) is 0 Å². The van der Waals surface area contributed by atoms with E-state index in [0.717, 1.165) is 55.7 Å². The van der Waals surface area contributed by atoms with Crippen molar-refractivity contribution in [2.45, 2.75) is 0 Å². The van der Waals surface area contributed by atoms with Gasteiger partial charge in [-0.3, -0.25) is 0 Å². The van der Waals surface area contributed by atoms with Gasteiger partial charge in [0.2, 0.25) is 0 Å². The van der Waals surface area contributed by atoms with Crippen molar-refractivity contribution in [2.75, 3.05) is 4.90 Å². The summed E-state index contributed by atoms with van der Waals surface area (Å²) >= 11 is 0. The van der Waals surface area contributed by atoms with Crippen LogP contribution < -0.4 is 4.90 Å². The van der Waals surface area contributed by atoms with E-state index in [1.807, 2.05) is 12.1 Å². The molecule has 0 fully saturated rings. The number of anilines is 3. The molecule has 11 rings (SSSR count). The van der Waals surface area contributed by atoms with E-state index in [1.165, 1.54) is 49.4 Å². The minimum Gasteiger partial charge on any atom is -0.456 e. The summed E-state index contributed by atoms with van der Waals surface area (Å²) in [4.78, 5) is 2.43. The van der Waals surface area contributed by atoms with Gasteiger partial charge in [-0.05, 0) is 97.4 Å². The van der Waals surface area contributed by atoms with E-state index >= 15 is 0 Å². The van der Waals surface area contributed by atoms with E-state index in [4.69, 9.17) is 4.42 Å². The summed E-state index contributed by atoms with van der Waals surface area (Å²) in [5, 5.41) is 7.20. The molecule has 0 N–H and O–H groups in total. The molecule has 2 heteroatoms. The Morgan fingerprint density at radius 1 is 0.276 bits per heavy atom. The molecule has 1 heterocycles. The van der Waals surface area contributed by atoms with Gasteiger partial charge in [0.15, 0.2) is 0 Å². The Morgan fingerprint density at radius 2 is 0.741 bits per heavy atom. The molecule has 0 aliphatic carbocycles. The molecule has 0 saturated carbocycles. The molecular weight excluding hydrogens is 703 g/mol. The second kappa shape index (κ2) is 14.1. The third kappa shape index (κ3) is 5.74. The standard InChI is InChI=1S/C56H37NO/c1-3-19-43-38(15-1)17-13-26-44(43)40-31-34-42(35-32-40)57(53-28-10-7-21-46(53)41-33-36-52-51-25-9-12-30-55(51)58-56(52)37-41)54-29-11-8-24-50(54)49-23-6-5-22-48(49)47-27-14-18-39-16-2-4-20-45(39)47/h1-37H. The first kappa shape index (κ1) is 33.6. The first-order chi connectivity index (χ1) is 28.8. The van der Waals surface area contributed by atoms with Gasteiger partial charge in [0, 0.05) is 27.6 Å². The van der Waals surface area contributed by atoms with Crippen LogP contribution in [-0.2, 0) is 0 Å². The third-order valence-corrected chi connectivity index (χ3v) is 11.5. The number of fused-ring (bicyclic) bond motifs is 5. The van der Waals surface area contributed by atoms with E-state index < -0.39 is 0 Å². The Morgan fingerprint density at radius 3 is 1.47 bits per heavy atom. The summed E-state index contributed by atoms with van der Waals surface area (Å²) in [6.45, 7) is 0. The number of para-hydroxylation sites is 3. The molecule has 2 nitrogen and oxygen atoms in total. The predicted octanol–water partition coefficient (Wildman–Crippen LogP) is 16.0. The molecule has 0 atom stereocenters. The molecule has 272 valence electrons. The van der Waals surface area contributed by atoms with E-state index in [2.05, 4.69) is 217 Å². The zero-order chi connectivity index (χ0) is 38.4. The highest BCUT2D eigenvalue weighted by atomic mass is 16.3. The topological polar surface area (TPSA) is 16.4 Å². The Hall–Kier alpha value is -7.68. The Kier molecular flexibility index (Phi) is 8.19. The van der Waals surface area contributed by atoms with E-state index in [0.29, 0.717) is 0 Å². The lowest BCUT2D eigenvalue weighted by atomic mass is 9.90. The molecule has 0 amide bonds. The summed E-state index contributed by atoms with van der Waals surface area (Å²) in [6.07, 6.45) is 0. The van der Waals surface area contributed by atoms with Crippen molar-refractivity contribution in [1.29, 1.82) is 0 Å². The normalized spacial score (nSPS) is 11.4. The average molecular weight is 740 g/mol. The van der Waals surface area contributed by atoms with Crippen molar-refractivity contribution >= 4 is 60.5 Å². The highest BCUT2D eigenvalue weighted by Gasteiger charge is 2.23. The lowest BCUT2D eigenvalue weighted by Crippen LogP contribution is -2.12. The van der Waals surface area contributed by atoms with Gasteiger partial charge in [0.1, 0.15) is 11.2 Å². The lowest BCUT2D eigenvalue weighted by Gasteiger charge is -2.30. The second-order valence-electron chi connectivity index (χ2n) is 14.8. The smallest absolute Gasteiger partial charge is 0.136 e. The SMILES string of the molecule is c1ccc(-c2cccc3ccccc23)c(-c2ccccc2N(c2ccc(-c3cccc4ccccc34)cc2)c2ccccc2-c2ccc3c(c2)oc2ccccc23)c1. The Balaban J connectivity index is 1.12. The zero-order valence-corrected chi connectivity index (χ0v) is 31.7. The van der Waals surface area contributed by atoms with Crippen LogP contribution in [0.1, 0.15) is 0 Å². The first-order valence-corrected chi connectivity index (χ1v) is 19.8. The molecule has 1 aromatic heterocycles. The maximum absolute atomic E-state index is 6.42. The lowest BCUT2D eigenvalue weighted by molar-refractivity contribution is 0.669. The number of benzene rings is 10. The van der Waals surface area contributed by atoms with Crippen LogP contribution in [0.25, 0.3) is 88.0 Å². The van der Waals surface area contributed by atoms with Gasteiger partial charge in [-0.15, -0.1) is 0 Å². The molecule has 0 saturated heterocycles. The number of rotatable bonds is 7. The number of nitrogens with zero attached hydrogens (tertiary/aromatic N) is 1. The summed E-state index contributed by atoms with van der Waals surface area (Å²) in [6, 6.07) is 80.8. The minimum atomic E-state index is 0.879. The summed E-state index contributed by atoms with van der Waals surface area (Å²) in [7, 11) is 0. The summed E-state index contributed by atoms with van der Waals surface area (Å²) in [5.41, 5.74) is 14.3. The highest BCUT2D eigenvalue weighted by molar-refractivity contribution is 6.07. The van der Waals surface area contributed by atoms with Crippen molar-refractivity contribution in [2.24, 2.45) is 0 Å². The van der Waals surface area contributed by atoms with Crippen LogP contribution in [-0.4, -0.2) is 0 Å². The zero-order valence-electron chi connectivity index (χ0n) is 31.7. The van der Waals surface area contributed by atoms with E-state index in [9.17, 15) is 0 Å². The predicted molar refractivity (Wildman–Crippen MR) is 245 cm³/mol. The van der Waals surface area contributed by atoms with Crippen LogP contribution in [0.2, 0.25) is 0 Å². The number of hydrogen-bond acceptors (Lipinski definition) is 2. The number of furan rings is 1. The monoisotopic (exact) mass is 739 g/mol. The number of hydrogen-bond donors (Lipinski definition) is 0. The van der Waals surface area contributed by atoms with Crippen molar-refractivity contribution in [3.63, 3.8) is 0 Å². The van der Waals surface area contributed by atoms with Crippen LogP contribution >= 0.6 is 0 Å². The van der Waals surface area contributed by atoms with Gasteiger partial charge in [0.25, 0.3) is 0 Å². The van der Waals surface area contributed by atoms with Gasteiger partial charge in [0.05, 0.1) is 11.4 Å². The molecule has 10 aromatic carbocycles. The van der Waals surface area contributed by atoms with Crippen LogP contribution in [0.5, 0.6) is 0 Å². The molecule has 11 aromatic rings. The average Bonchev–Trinajstić information content (AvgIpc) is 3.67. The van der Waals surface area contributed by atoms with Crippen molar-refractivity contribution in [3.05, 3.63) is 224 Å². The summed E-state index contributed by atoms with van der Waals surface area (Å²) in [5.74, 6) is 0. The van der Waals surface area contributed by atoms with Crippen LogP contribution in [0.15, 0.2) is 229 Å². The maximum Gasteiger partial charge on any atom is 0.136 e. The van der Waals surface area contributed by atoms with Crippen molar-refractivity contribution < 1.29 is 4.42 Å². The first-order valence-electron chi connectivity index (χ1n) is 19.8. The van der Waals surface area contributed by atoms with Gasteiger partial charge >= 0.3 is 0 Å². The van der Waals surface area contributed by atoms with E-state index in [-0.39, 0.29) is 0 Å². The van der Waals surface area contributed by atoms with Gasteiger partial charge < -0.3 is 9.32 Å². The fourth-order valence-corrected chi connectivity index (χ4v) is 8.79. The van der Waals surface area contributed by atoms with Crippen LogP contribution in [0, 0.1) is 0 Å². The fourth-order valence-electron chi connectivity index (χ4n) is 8.79. The molecule has 0 aliphatic rings. The molecule has 0 aliphatic heterocycles. The van der Waals surface area contributed by atoms with Gasteiger partial charge in [-0.1, -0.05) is 182 Å². The minimum absolute atomic E-state index is 0.879. The molecule has 0 bridgehead atoms. The molecule has 0 unspecified atom stereocenters. The molecular formula is C56H37NO. The Bertz CT molecular complexity index is 3290. The third-order valence-electron chi connectivity index (χ3n) is 11.5. The molecule has 0 radical (unpaired) electrons. The Labute approximate surface area is 337 Å².